The SMILES string of the molecule is CC(N)c1cn(-c2cc(Cl)ccc2Cl)nn1. The Morgan fingerprint density at radius 3 is 2.75 bits per heavy atom. The molecule has 1 aromatic heterocycles. The minimum absolute atomic E-state index is 0.160. The van der Waals surface area contributed by atoms with Crippen molar-refractivity contribution in [3.8, 4) is 5.69 Å². The first kappa shape index (κ1) is 11.4. The van der Waals surface area contributed by atoms with Gasteiger partial charge in [0.1, 0.15) is 0 Å². The van der Waals surface area contributed by atoms with Crippen molar-refractivity contribution in [2.75, 3.05) is 0 Å². The van der Waals surface area contributed by atoms with Crippen LogP contribution in [-0.4, -0.2) is 15.0 Å². The lowest BCUT2D eigenvalue weighted by molar-refractivity contribution is 0.756. The van der Waals surface area contributed by atoms with Crippen molar-refractivity contribution in [2.45, 2.75) is 13.0 Å². The molecule has 0 bridgehead atoms. The van der Waals surface area contributed by atoms with Gasteiger partial charge in [-0.05, 0) is 25.1 Å². The minimum Gasteiger partial charge on any atom is -0.323 e. The summed E-state index contributed by atoms with van der Waals surface area (Å²) >= 11 is 11.9. The molecule has 1 aromatic carbocycles. The molecule has 1 atom stereocenters. The summed E-state index contributed by atoms with van der Waals surface area (Å²) < 4.78 is 1.56. The molecule has 0 saturated carbocycles. The minimum atomic E-state index is -0.160. The summed E-state index contributed by atoms with van der Waals surface area (Å²) in [6.07, 6.45) is 1.74. The second-order valence-electron chi connectivity index (χ2n) is 3.47. The number of hydrogen-bond acceptors (Lipinski definition) is 3. The molecule has 1 unspecified atom stereocenters. The Bertz CT molecular complexity index is 507. The number of nitrogens with two attached hydrogens (primary N) is 1. The molecule has 2 aromatic rings. The van der Waals surface area contributed by atoms with Gasteiger partial charge in [0, 0.05) is 11.1 Å². The van der Waals surface area contributed by atoms with Crippen molar-refractivity contribution in [1.29, 1.82) is 0 Å². The van der Waals surface area contributed by atoms with E-state index in [1.807, 2.05) is 6.92 Å². The van der Waals surface area contributed by atoms with Gasteiger partial charge in [-0.25, -0.2) is 4.68 Å². The summed E-state index contributed by atoms with van der Waals surface area (Å²) in [6, 6.07) is 5.00. The molecule has 2 rings (SSSR count). The molecular weight excluding hydrogens is 247 g/mol. The molecule has 0 saturated heterocycles. The summed E-state index contributed by atoms with van der Waals surface area (Å²) in [7, 11) is 0. The van der Waals surface area contributed by atoms with Crippen molar-refractivity contribution >= 4 is 23.2 Å². The highest BCUT2D eigenvalue weighted by molar-refractivity contribution is 6.34. The van der Waals surface area contributed by atoms with Crippen LogP contribution in [0.25, 0.3) is 5.69 Å². The van der Waals surface area contributed by atoms with Crippen molar-refractivity contribution in [2.24, 2.45) is 5.73 Å². The average Bonchev–Trinajstić information content (AvgIpc) is 2.70. The smallest absolute Gasteiger partial charge is 0.0995 e. The maximum absolute atomic E-state index is 6.04. The van der Waals surface area contributed by atoms with Crippen LogP contribution in [0, 0.1) is 0 Å². The molecule has 16 heavy (non-hydrogen) atoms. The number of benzene rings is 1. The highest BCUT2D eigenvalue weighted by Gasteiger charge is 2.09. The average molecular weight is 257 g/mol. The molecule has 0 aliphatic heterocycles. The molecule has 0 fully saturated rings. The molecule has 0 amide bonds. The third kappa shape index (κ3) is 2.19. The fraction of sp³-hybridized carbons (Fsp3) is 0.200. The van der Waals surface area contributed by atoms with E-state index in [0.29, 0.717) is 21.4 Å². The van der Waals surface area contributed by atoms with Gasteiger partial charge in [-0.3, -0.25) is 0 Å². The van der Waals surface area contributed by atoms with Crippen molar-refractivity contribution < 1.29 is 0 Å². The second-order valence-corrected chi connectivity index (χ2v) is 4.32. The van der Waals surface area contributed by atoms with Crippen LogP contribution in [-0.2, 0) is 0 Å². The third-order valence-corrected chi connectivity index (χ3v) is 2.69. The zero-order valence-corrected chi connectivity index (χ0v) is 10.1. The normalized spacial score (nSPS) is 12.8. The molecule has 0 aliphatic carbocycles. The van der Waals surface area contributed by atoms with E-state index in [0.717, 1.165) is 0 Å². The second kappa shape index (κ2) is 4.41. The van der Waals surface area contributed by atoms with E-state index >= 15 is 0 Å². The summed E-state index contributed by atoms with van der Waals surface area (Å²) in [5, 5.41) is 9.06. The zero-order chi connectivity index (χ0) is 11.7. The fourth-order valence-electron chi connectivity index (χ4n) is 1.26. The van der Waals surface area contributed by atoms with Gasteiger partial charge in [-0.2, -0.15) is 0 Å². The van der Waals surface area contributed by atoms with E-state index in [-0.39, 0.29) is 6.04 Å². The van der Waals surface area contributed by atoms with Gasteiger partial charge in [-0.15, -0.1) is 5.10 Å². The Kier molecular flexibility index (Phi) is 3.14. The van der Waals surface area contributed by atoms with Crippen molar-refractivity contribution in [1.82, 2.24) is 15.0 Å². The third-order valence-electron chi connectivity index (χ3n) is 2.13. The van der Waals surface area contributed by atoms with Crippen LogP contribution < -0.4 is 5.73 Å². The lowest BCUT2D eigenvalue weighted by atomic mass is 10.3. The topological polar surface area (TPSA) is 56.7 Å². The van der Waals surface area contributed by atoms with Crippen LogP contribution in [0.5, 0.6) is 0 Å². The highest BCUT2D eigenvalue weighted by atomic mass is 35.5. The van der Waals surface area contributed by atoms with Gasteiger partial charge in [0.25, 0.3) is 0 Å². The van der Waals surface area contributed by atoms with Gasteiger partial charge < -0.3 is 5.73 Å². The van der Waals surface area contributed by atoms with Gasteiger partial charge in [0.2, 0.25) is 0 Å². The van der Waals surface area contributed by atoms with Crippen molar-refractivity contribution in [3.63, 3.8) is 0 Å². The first-order valence-electron chi connectivity index (χ1n) is 4.71. The Morgan fingerprint density at radius 2 is 2.12 bits per heavy atom. The quantitative estimate of drug-likeness (QED) is 0.899. The van der Waals surface area contributed by atoms with Crippen LogP contribution in [0.15, 0.2) is 24.4 Å². The number of halogens is 2. The van der Waals surface area contributed by atoms with Crippen molar-refractivity contribution in [3.05, 3.63) is 40.1 Å². The fourth-order valence-corrected chi connectivity index (χ4v) is 1.63. The summed E-state index contributed by atoms with van der Waals surface area (Å²) in [4.78, 5) is 0. The molecular formula is C10H10Cl2N4. The highest BCUT2D eigenvalue weighted by Crippen LogP contribution is 2.24. The molecule has 0 spiro atoms. The van der Waals surface area contributed by atoms with Crippen LogP contribution in [0.1, 0.15) is 18.7 Å². The molecule has 1 heterocycles. The van der Waals surface area contributed by atoms with E-state index < -0.39 is 0 Å². The lowest BCUT2D eigenvalue weighted by Gasteiger charge is -2.03. The van der Waals surface area contributed by atoms with Crippen LogP contribution in [0.3, 0.4) is 0 Å². The van der Waals surface area contributed by atoms with E-state index in [9.17, 15) is 0 Å². The van der Waals surface area contributed by atoms with E-state index in [1.165, 1.54) is 0 Å². The standard InChI is InChI=1S/C10H10Cl2N4/c1-6(13)9-5-16(15-14-9)10-4-7(11)2-3-8(10)12/h2-6H,13H2,1H3. The van der Waals surface area contributed by atoms with Gasteiger partial charge >= 0.3 is 0 Å². The van der Waals surface area contributed by atoms with Crippen LogP contribution in [0.4, 0.5) is 0 Å². The summed E-state index contributed by atoms with van der Waals surface area (Å²) in [5.74, 6) is 0. The molecule has 84 valence electrons. The molecule has 6 heteroatoms. The first-order chi connectivity index (χ1) is 7.58. The lowest BCUT2D eigenvalue weighted by Crippen LogP contribution is -2.04. The monoisotopic (exact) mass is 256 g/mol. The number of nitrogens with zero attached hydrogens (tertiary/aromatic N) is 3. The molecule has 0 aliphatic rings. The summed E-state index contributed by atoms with van der Waals surface area (Å²) in [5.41, 5.74) is 7.09. The van der Waals surface area contributed by atoms with Gasteiger partial charge in [0.15, 0.2) is 0 Å². The Labute approximate surface area is 103 Å². The van der Waals surface area contributed by atoms with E-state index in [1.54, 1.807) is 29.1 Å². The predicted octanol–water partition coefficient (Wildman–Crippen LogP) is 2.59. The Hall–Kier alpha value is -1.10. The first-order valence-corrected chi connectivity index (χ1v) is 5.47. The summed E-state index contributed by atoms with van der Waals surface area (Å²) in [6.45, 7) is 1.84. The van der Waals surface area contributed by atoms with Gasteiger partial charge in [-0.1, -0.05) is 28.4 Å². The van der Waals surface area contributed by atoms with Crippen LogP contribution >= 0.6 is 23.2 Å². The predicted molar refractivity (Wildman–Crippen MR) is 64.0 cm³/mol. The maximum atomic E-state index is 6.04. The van der Waals surface area contributed by atoms with Gasteiger partial charge in [0.05, 0.1) is 22.6 Å². The molecule has 2 N–H and O–H groups in total. The largest absolute Gasteiger partial charge is 0.323 e. The Morgan fingerprint density at radius 1 is 1.38 bits per heavy atom. The maximum Gasteiger partial charge on any atom is 0.0995 e. The number of hydrogen-bond donors (Lipinski definition) is 1. The van der Waals surface area contributed by atoms with E-state index in [2.05, 4.69) is 10.3 Å². The Balaban J connectivity index is 2.46. The molecule has 0 radical (unpaired) electrons. The van der Waals surface area contributed by atoms with Crippen LogP contribution in [0.2, 0.25) is 10.0 Å². The zero-order valence-electron chi connectivity index (χ0n) is 8.56. The van der Waals surface area contributed by atoms with E-state index in [4.69, 9.17) is 28.9 Å². The molecule has 4 nitrogen and oxygen atoms in total. The number of rotatable bonds is 2. The number of aromatic nitrogens is 3.